The van der Waals surface area contributed by atoms with Crippen LogP contribution in [0.3, 0.4) is 0 Å². The van der Waals surface area contributed by atoms with E-state index >= 15 is 0 Å². The Balaban J connectivity index is 1.23. The van der Waals surface area contributed by atoms with Crippen LogP contribution in [0.4, 0.5) is 24.2 Å². The Kier molecular flexibility index (Phi) is 9.53. The first-order valence-electron chi connectivity index (χ1n) is 14.0. The first kappa shape index (κ1) is 31.3. The zero-order valence-electron chi connectivity index (χ0n) is 24.1. The molecule has 5 rings (SSSR count). The molecule has 45 heavy (non-hydrogen) atoms. The van der Waals surface area contributed by atoms with E-state index in [9.17, 15) is 28.0 Å². The Labute approximate surface area is 261 Å². The third-order valence-corrected chi connectivity index (χ3v) is 7.87. The summed E-state index contributed by atoms with van der Waals surface area (Å²) in [5, 5.41) is 6.27. The van der Waals surface area contributed by atoms with Crippen LogP contribution in [0.5, 0.6) is 0 Å². The molecule has 0 fully saturated rings. The largest absolute Gasteiger partial charge is 0.447 e. The van der Waals surface area contributed by atoms with E-state index in [1.54, 1.807) is 36.4 Å². The highest BCUT2D eigenvalue weighted by atomic mass is 35.5. The van der Waals surface area contributed by atoms with Crippen molar-refractivity contribution < 1.29 is 32.7 Å². The lowest BCUT2D eigenvalue weighted by atomic mass is 10.1. The van der Waals surface area contributed by atoms with Gasteiger partial charge in [-0.1, -0.05) is 35.9 Å². The van der Waals surface area contributed by atoms with E-state index in [1.807, 2.05) is 0 Å². The molecule has 2 N–H and O–H groups in total. The molecule has 1 aromatic heterocycles. The van der Waals surface area contributed by atoms with Gasteiger partial charge in [-0.15, -0.1) is 0 Å². The van der Waals surface area contributed by atoms with E-state index < -0.39 is 41.6 Å². The minimum absolute atomic E-state index is 0.0584. The molecular formula is C32H28ClF2N5O5. The fourth-order valence-corrected chi connectivity index (χ4v) is 5.15. The molecule has 0 bridgehead atoms. The summed E-state index contributed by atoms with van der Waals surface area (Å²) in [4.78, 5) is 57.9. The summed E-state index contributed by atoms with van der Waals surface area (Å²) in [5.41, 5.74) is 1.03. The number of nitrogens with one attached hydrogen (secondary N) is 2. The molecule has 0 unspecified atom stereocenters. The zero-order valence-corrected chi connectivity index (χ0v) is 24.8. The van der Waals surface area contributed by atoms with Crippen LogP contribution in [0.25, 0.3) is 10.8 Å². The number of pyridine rings is 1. The predicted octanol–water partition coefficient (Wildman–Crippen LogP) is 6.00. The van der Waals surface area contributed by atoms with E-state index in [1.165, 1.54) is 48.5 Å². The highest BCUT2D eigenvalue weighted by Crippen LogP contribution is 2.24. The fraction of sp³-hybridized carbons (Fsp3) is 0.219. The number of fused-ring (bicyclic) bond motifs is 2. The summed E-state index contributed by atoms with van der Waals surface area (Å²) < 4.78 is 32.9. The lowest BCUT2D eigenvalue weighted by Gasteiger charge is -2.28. The van der Waals surface area contributed by atoms with Crippen molar-refractivity contribution in [3.63, 3.8) is 0 Å². The Bertz CT molecular complexity index is 1750. The van der Waals surface area contributed by atoms with Gasteiger partial charge >= 0.3 is 12.1 Å². The van der Waals surface area contributed by atoms with Gasteiger partial charge in [-0.25, -0.2) is 23.4 Å². The second-order valence-electron chi connectivity index (χ2n) is 10.4. The molecule has 232 valence electrons. The predicted molar refractivity (Wildman–Crippen MR) is 163 cm³/mol. The normalized spacial score (nSPS) is 13.0. The Morgan fingerprint density at radius 1 is 1.00 bits per heavy atom. The quantitative estimate of drug-likeness (QED) is 0.206. The molecule has 0 spiro atoms. The molecule has 5 amide bonds. The van der Waals surface area contributed by atoms with E-state index in [4.69, 9.17) is 16.3 Å². The number of imide groups is 1. The van der Waals surface area contributed by atoms with Crippen molar-refractivity contribution in [2.24, 2.45) is 0 Å². The number of benzene rings is 3. The molecule has 13 heteroatoms. The molecule has 0 aliphatic carbocycles. The van der Waals surface area contributed by atoms with Crippen molar-refractivity contribution in [1.82, 2.24) is 20.1 Å². The fourth-order valence-electron chi connectivity index (χ4n) is 4.96. The average Bonchev–Trinajstić information content (AvgIpc) is 3.27. The number of hydrogen-bond donors (Lipinski definition) is 2. The van der Waals surface area contributed by atoms with Gasteiger partial charge in [0.1, 0.15) is 24.1 Å². The number of aromatic nitrogens is 1. The monoisotopic (exact) mass is 635 g/mol. The number of amides is 5. The number of hydrogen-bond acceptors (Lipinski definition) is 6. The lowest BCUT2D eigenvalue weighted by molar-refractivity contribution is 0.0644. The Hall–Kier alpha value is -5.10. The van der Waals surface area contributed by atoms with Crippen LogP contribution < -0.4 is 10.6 Å². The average molecular weight is 636 g/mol. The number of carbonyl (C=O) groups is 4. The van der Waals surface area contributed by atoms with Crippen LogP contribution in [0.15, 0.2) is 72.9 Å². The molecule has 3 aromatic carbocycles. The van der Waals surface area contributed by atoms with Gasteiger partial charge < -0.3 is 15.0 Å². The topological polar surface area (TPSA) is 121 Å². The number of likely N-dealkylation sites (N-methyl/N-ethyl adjacent to an activating group) is 1. The van der Waals surface area contributed by atoms with Crippen LogP contribution in [0.1, 0.15) is 39.1 Å². The van der Waals surface area contributed by atoms with Gasteiger partial charge in [0.15, 0.2) is 0 Å². The van der Waals surface area contributed by atoms with Crippen molar-refractivity contribution >= 4 is 52.1 Å². The highest BCUT2D eigenvalue weighted by Gasteiger charge is 2.35. The standard InChI is InChI=1S/C32H28ClF2N5O5/c1-39(31(43)37-17-20-6-4-10-26(35)28(20)33)23(7-5-13-40-29(41)24-8-2-3-9-25(24)30(40)42)18-45-32(44)38-27-15-21-14-22(34)12-11-19(21)16-36-27/h2-4,6,8-12,14-16,23H,5,7,13,17-18H2,1H3,(H,37,43)(H,36,38,44)/t23-/m0/s1. The van der Waals surface area contributed by atoms with Crippen molar-refractivity contribution in [2.75, 3.05) is 25.5 Å². The molecular weight excluding hydrogens is 608 g/mol. The Morgan fingerprint density at radius 3 is 2.47 bits per heavy atom. The van der Waals surface area contributed by atoms with E-state index in [0.717, 1.165) is 4.90 Å². The maximum absolute atomic E-state index is 13.8. The van der Waals surface area contributed by atoms with Crippen LogP contribution in [0.2, 0.25) is 5.02 Å². The van der Waals surface area contributed by atoms with Gasteiger partial charge in [-0.2, -0.15) is 0 Å². The summed E-state index contributed by atoms with van der Waals surface area (Å²) in [6.07, 6.45) is 1.17. The molecule has 0 saturated carbocycles. The van der Waals surface area contributed by atoms with Crippen molar-refractivity contribution in [2.45, 2.75) is 25.4 Å². The number of halogens is 3. The minimum atomic E-state index is -0.857. The van der Waals surface area contributed by atoms with Crippen LogP contribution >= 0.6 is 11.6 Å². The molecule has 1 aliphatic heterocycles. The van der Waals surface area contributed by atoms with Gasteiger partial charge in [0.05, 0.1) is 22.2 Å². The molecule has 0 saturated heterocycles. The Morgan fingerprint density at radius 2 is 1.73 bits per heavy atom. The van der Waals surface area contributed by atoms with Crippen molar-refractivity contribution in [3.05, 3.63) is 106 Å². The van der Waals surface area contributed by atoms with E-state index in [0.29, 0.717) is 33.9 Å². The van der Waals surface area contributed by atoms with Crippen molar-refractivity contribution in [1.29, 1.82) is 0 Å². The van der Waals surface area contributed by atoms with Gasteiger partial charge in [-0.05, 0) is 66.3 Å². The SMILES string of the molecule is CN(C(=O)NCc1cccc(F)c1Cl)[C@@H](CCCN1C(=O)c2ccccc2C1=O)COC(=O)Nc1cc2cc(F)ccc2cn1. The third kappa shape index (κ3) is 7.18. The molecule has 2 heterocycles. The minimum Gasteiger partial charge on any atom is -0.447 e. The zero-order chi connectivity index (χ0) is 32.1. The molecule has 10 nitrogen and oxygen atoms in total. The van der Waals surface area contributed by atoms with Gasteiger partial charge in [0, 0.05) is 31.7 Å². The molecule has 0 radical (unpaired) electrons. The summed E-state index contributed by atoms with van der Waals surface area (Å²) >= 11 is 6.01. The summed E-state index contributed by atoms with van der Waals surface area (Å²) in [7, 11) is 1.50. The smallest absolute Gasteiger partial charge is 0.412 e. The van der Waals surface area contributed by atoms with Crippen LogP contribution in [-0.4, -0.2) is 65.0 Å². The van der Waals surface area contributed by atoms with Crippen LogP contribution in [-0.2, 0) is 11.3 Å². The summed E-state index contributed by atoms with van der Waals surface area (Å²) in [6, 6.07) is 15.2. The molecule has 4 aromatic rings. The molecule has 1 atom stereocenters. The number of nitrogens with zero attached hydrogens (tertiary/aromatic N) is 3. The van der Waals surface area contributed by atoms with E-state index in [2.05, 4.69) is 15.6 Å². The number of ether oxygens (including phenoxy) is 1. The summed E-state index contributed by atoms with van der Waals surface area (Å²) in [5.74, 6) is -1.72. The van der Waals surface area contributed by atoms with Crippen molar-refractivity contribution in [3.8, 4) is 0 Å². The number of anilines is 1. The number of rotatable bonds is 10. The number of carbonyl (C=O) groups excluding carboxylic acids is 4. The first-order chi connectivity index (χ1) is 21.6. The van der Waals surface area contributed by atoms with Crippen LogP contribution in [0, 0.1) is 11.6 Å². The summed E-state index contributed by atoms with van der Waals surface area (Å²) in [6.45, 7) is -0.223. The molecule has 1 aliphatic rings. The van der Waals surface area contributed by atoms with Gasteiger partial charge in [0.2, 0.25) is 0 Å². The lowest BCUT2D eigenvalue weighted by Crippen LogP contribution is -2.46. The maximum Gasteiger partial charge on any atom is 0.412 e. The van der Waals surface area contributed by atoms with Gasteiger partial charge in [0.25, 0.3) is 11.8 Å². The first-order valence-corrected chi connectivity index (χ1v) is 14.4. The third-order valence-electron chi connectivity index (χ3n) is 7.45. The maximum atomic E-state index is 13.8. The van der Waals surface area contributed by atoms with E-state index in [-0.39, 0.29) is 37.0 Å². The van der Waals surface area contributed by atoms with Gasteiger partial charge in [-0.3, -0.25) is 19.8 Å². The second kappa shape index (κ2) is 13.7. The second-order valence-corrected chi connectivity index (χ2v) is 10.7. The highest BCUT2D eigenvalue weighted by molar-refractivity contribution is 6.31. The number of urea groups is 1.